The summed E-state index contributed by atoms with van der Waals surface area (Å²) in [5.41, 5.74) is 0.970. The molecule has 1 N–H and O–H groups in total. The summed E-state index contributed by atoms with van der Waals surface area (Å²) in [6, 6.07) is 7.52. The number of benzene rings is 1. The molecule has 15 heavy (non-hydrogen) atoms. The summed E-state index contributed by atoms with van der Waals surface area (Å²) in [4.78, 5) is 23.9. The van der Waals surface area contributed by atoms with E-state index >= 15 is 0 Å². The second-order valence-corrected chi connectivity index (χ2v) is 4.25. The maximum Gasteiger partial charge on any atom is 0.234 e. The number of carbonyl (C=O) groups is 2. The van der Waals surface area contributed by atoms with Crippen LogP contribution in [-0.4, -0.2) is 18.2 Å². The fourth-order valence-electron chi connectivity index (χ4n) is 2.62. The first kappa shape index (κ1) is 8.65. The Bertz CT molecular complexity index is 466. The SMILES string of the molecule is O=C1NCCC12Cc1ccccc1C2=O. The van der Waals surface area contributed by atoms with Gasteiger partial charge in [0.1, 0.15) is 5.41 Å². The standard InChI is InChI=1S/C12H11NO2/c14-10-9-4-2-1-3-8(9)7-12(10)5-6-13-11(12)15/h1-4H,5-7H2,(H,13,15). The fraction of sp³-hybridized carbons (Fsp3) is 0.333. The van der Waals surface area contributed by atoms with Crippen LogP contribution in [0, 0.1) is 5.41 Å². The van der Waals surface area contributed by atoms with Crippen molar-refractivity contribution in [3.63, 3.8) is 0 Å². The molecule has 0 radical (unpaired) electrons. The highest BCUT2D eigenvalue weighted by atomic mass is 16.2. The molecule has 3 nitrogen and oxygen atoms in total. The van der Waals surface area contributed by atoms with E-state index in [0.29, 0.717) is 19.4 Å². The minimum Gasteiger partial charge on any atom is -0.355 e. The van der Waals surface area contributed by atoms with E-state index in [0.717, 1.165) is 11.1 Å². The van der Waals surface area contributed by atoms with Gasteiger partial charge in [0.25, 0.3) is 0 Å². The molecule has 1 saturated heterocycles. The number of hydrogen-bond acceptors (Lipinski definition) is 2. The zero-order valence-corrected chi connectivity index (χ0v) is 8.25. The first-order valence-corrected chi connectivity index (χ1v) is 5.15. The highest BCUT2D eigenvalue weighted by molar-refractivity contribution is 6.18. The Morgan fingerprint density at radius 1 is 1.20 bits per heavy atom. The van der Waals surface area contributed by atoms with Crippen molar-refractivity contribution in [3.8, 4) is 0 Å². The number of carbonyl (C=O) groups excluding carboxylic acids is 2. The van der Waals surface area contributed by atoms with Crippen molar-refractivity contribution in [1.29, 1.82) is 0 Å². The molecule has 1 fully saturated rings. The van der Waals surface area contributed by atoms with Crippen LogP contribution in [-0.2, 0) is 11.2 Å². The largest absolute Gasteiger partial charge is 0.355 e. The Kier molecular flexibility index (Phi) is 1.55. The van der Waals surface area contributed by atoms with Gasteiger partial charge in [0.05, 0.1) is 0 Å². The van der Waals surface area contributed by atoms with E-state index in [-0.39, 0.29) is 11.7 Å². The summed E-state index contributed by atoms with van der Waals surface area (Å²) in [6.45, 7) is 0.624. The molecular weight excluding hydrogens is 190 g/mol. The van der Waals surface area contributed by atoms with Gasteiger partial charge < -0.3 is 5.32 Å². The molecule has 0 aromatic heterocycles. The second-order valence-electron chi connectivity index (χ2n) is 4.25. The van der Waals surface area contributed by atoms with Gasteiger partial charge in [0.15, 0.2) is 5.78 Å². The van der Waals surface area contributed by atoms with Crippen molar-refractivity contribution in [2.75, 3.05) is 6.54 Å². The molecule has 3 rings (SSSR count). The van der Waals surface area contributed by atoms with Crippen LogP contribution in [0.3, 0.4) is 0 Å². The highest BCUT2D eigenvalue weighted by Gasteiger charge is 2.53. The monoisotopic (exact) mass is 201 g/mol. The van der Waals surface area contributed by atoms with Crippen LogP contribution in [0.5, 0.6) is 0 Å². The summed E-state index contributed by atoms with van der Waals surface area (Å²) in [5, 5.41) is 2.76. The maximum atomic E-state index is 12.2. The van der Waals surface area contributed by atoms with Crippen LogP contribution < -0.4 is 5.32 Å². The van der Waals surface area contributed by atoms with E-state index in [4.69, 9.17) is 0 Å². The normalized spacial score (nSPS) is 28.3. The minimum atomic E-state index is -0.774. The molecule has 1 aromatic carbocycles. The van der Waals surface area contributed by atoms with E-state index in [1.54, 1.807) is 0 Å². The molecular formula is C12H11NO2. The van der Waals surface area contributed by atoms with Crippen LogP contribution in [0.4, 0.5) is 0 Å². The van der Waals surface area contributed by atoms with Crippen LogP contribution in [0.25, 0.3) is 0 Å². The number of Topliss-reactive ketones (excluding diaryl/α,β-unsaturated/α-hetero) is 1. The van der Waals surface area contributed by atoms with E-state index in [1.165, 1.54) is 0 Å². The van der Waals surface area contributed by atoms with E-state index in [2.05, 4.69) is 5.32 Å². The predicted molar refractivity (Wildman–Crippen MR) is 54.5 cm³/mol. The van der Waals surface area contributed by atoms with E-state index in [9.17, 15) is 9.59 Å². The number of nitrogens with one attached hydrogen (secondary N) is 1. The lowest BCUT2D eigenvalue weighted by Crippen LogP contribution is -2.36. The molecule has 1 spiro atoms. The second kappa shape index (κ2) is 2.69. The van der Waals surface area contributed by atoms with Crippen molar-refractivity contribution >= 4 is 11.7 Å². The summed E-state index contributed by atoms with van der Waals surface area (Å²) in [6.07, 6.45) is 1.22. The van der Waals surface area contributed by atoms with Crippen molar-refractivity contribution in [2.24, 2.45) is 5.41 Å². The Balaban J connectivity index is 2.14. The first-order chi connectivity index (χ1) is 7.24. The molecule has 1 atom stereocenters. The summed E-state index contributed by atoms with van der Waals surface area (Å²) in [7, 11) is 0. The highest BCUT2D eigenvalue weighted by Crippen LogP contribution is 2.41. The zero-order valence-electron chi connectivity index (χ0n) is 8.25. The molecule has 1 aromatic rings. The lowest BCUT2D eigenvalue weighted by atomic mass is 9.82. The number of rotatable bonds is 0. The third-order valence-electron chi connectivity index (χ3n) is 3.46. The molecule has 1 aliphatic heterocycles. The van der Waals surface area contributed by atoms with Crippen molar-refractivity contribution in [1.82, 2.24) is 5.32 Å². The molecule has 3 heteroatoms. The molecule has 1 unspecified atom stereocenters. The third kappa shape index (κ3) is 0.950. The third-order valence-corrected chi connectivity index (χ3v) is 3.46. The molecule has 0 bridgehead atoms. The molecule has 0 saturated carbocycles. The Morgan fingerprint density at radius 3 is 2.67 bits per heavy atom. The Hall–Kier alpha value is -1.64. The Morgan fingerprint density at radius 2 is 2.00 bits per heavy atom. The lowest BCUT2D eigenvalue weighted by molar-refractivity contribution is -0.125. The predicted octanol–water partition coefficient (Wildman–Crippen LogP) is 0.932. The first-order valence-electron chi connectivity index (χ1n) is 5.15. The van der Waals surface area contributed by atoms with Gasteiger partial charge in [-0.2, -0.15) is 0 Å². The van der Waals surface area contributed by atoms with Gasteiger partial charge >= 0.3 is 0 Å². The molecule has 1 amide bonds. The van der Waals surface area contributed by atoms with Gasteiger partial charge in [-0.3, -0.25) is 9.59 Å². The number of amides is 1. The number of fused-ring (bicyclic) bond motifs is 1. The summed E-state index contributed by atoms with van der Waals surface area (Å²) < 4.78 is 0. The van der Waals surface area contributed by atoms with Gasteiger partial charge in [-0.15, -0.1) is 0 Å². The van der Waals surface area contributed by atoms with Crippen LogP contribution in [0.1, 0.15) is 22.3 Å². The van der Waals surface area contributed by atoms with Crippen molar-refractivity contribution in [2.45, 2.75) is 12.8 Å². The quantitative estimate of drug-likeness (QED) is 0.635. The van der Waals surface area contributed by atoms with Crippen LogP contribution in [0.15, 0.2) is 24.3 Å². The van der Waals surface area contributed by atoms with Crippen LogP contribution in [0.2, 0.25) is 0 Å². The minimum absolute atomic E-state index is 0.00750. The van der Waals surface area contributed by atoms with Crippen LogP contribution >= 0.6 is 0 Å². The van der Waals surface area contributed by atoms with Gasteiger partial charge in [-0.05, 0) is 18.4 Å². The van der Waals surface area contributed by atoms with Gasteiger partial charge in [-0.1, -0.05) is 24.3 Å². The maximum absolute atomic E-state index is 12.2. The molecule has 1 aliphatic carbocycles. The summed E-state index contributed by atoms with van der Waals surface area (Å²) >= 11 is 0. The lowest BCUT2D eigenvalue weighted by Gasteiger charge is -2.16. The zero-order chi connectivity index (χ0) is 10.5. The molecule has 2 aliphatic rings. The molecule has 76 valence electrons. The Labute approximate surface area is 87.5 Å². The average molecular weight is 201 g/mol. The van der Waals surface area contributed by atoms with Gasteiger partial charge in [0.2, 0.25) is 5.91 Å². The van der Waals surface area contributed by atoms with Crippen molar-refractivity contribution < 1.29 is 9.59 Å². The smallest absolute Gasteiger partial charge is 0.234 e. The summed E-state index contributed by atoms with van der Waals surface area (Å²) in [5.74, 6) is -0.0863. The van der Waals surface area contributed by atoms with Gasteiger partial charge in [0, 0.05) is 12.1 Å². The fourth-order valence-corrected chi connectivity index (χ4v) is 2.62. The molecule has 1 heterocycles. The van der Waals surface area contributed by atoms with Gasteiger partial charge in [-0.25, -0.2) is 0 Å². The van der Waals surface area contributed by atoms with Crippen molar-refractivity contribution in [3.05, 3.63) is 35.4 Å². The number of hydrogen-bond donors (Lipinski definition) is 1. The van der Waals surface area contributed by atoms with E-state index in [1.807, 2.05) is 24.3 Å². The van der Waals surface area contributed by atoms with E-state index < -0.39 is 5.41 Å². The topological polar surface area (TPSA) is 46.2 Å². The number of ketones is 1. The average Bonchev–Trinajstić information content (AvgIpc) is 2.74.